The third kappa shape index (κ3) is 3.33. The first-order valence-corrected chi connectivity index (χ1v) is 6.07. The van der Waals surface area contributed by atoms with E-state index < -0.39 is 0 Å². The monoisotopic (exact) mass is 238 g/mol. The van der Waals surface area contributed by atoms with Crippen molar-refractivity contribution in [1.82, 2.24) is 5.32 Å². The van der Waals surface area contributed by atoms with Crippen molar-refractivity contribution in [2.75, 3.05) is 32.1 Å². The SMILES string of the molecule is COc1cc(F)ccc1NCC1CCNCC1. The Kier molecular flexibility index (Phi) is 4.20. The summed E-state index contributed by atoms with van der Waals surface area (Å²) in [7, 11) is 1.56. The lowest BCUT2D eigenvalue weighted by Gasteiger charge is -2.23. The third-order valence-electron chi connectivity index (χ3n) is 3.20. The summed E-state index contributed by atoms with van der Waals surface area (Å²) in [6.45, 7) is 3.10. The highest BCUT2D eigenvalue weighted by Crippen LogP contribution is 2.25. The molecule has 1 aromatic rings. The molecule has 1 aromatic carbocycles. The Hall–Kier alpha value is -1.29. The van der Waals surface area contributed by atoms with Crippen LogP contribution in [0.2, 0.25) is 0 Å². The standard InChI is InChI=1S/C13H19FN2O/c1-17-13-8-11(14)2-3-12(13)16-9-10-4-6-15-7-5-10/h2-3,8,10,15-16H,4-7,9H2,1H3. The van der Waals surface area contributed by atoms with Gasteiger partial charge in [-0.15, -0.1) is 0 Å². The molecule has 94 valence electrons. The van der Waals surface area contributed by atoms with Crippen molar-refractivity contribution in [2.24, 2.45) is 5.92 Å². The Morgan fingerprint density at radius 3 is 2.88 bits per heavy atom. The van der Waals surface area contributed by atoms with Crippen molar-refractivity contribution in [3.8, 4) is 5.75 Å². The van der Waals surface area contributed by atoms with Gasteiger partial charge in [0.15, 0.2) is 0 Å². The van der Waals surface area contributed by atoms with Crippen molar-refractivity contribution < 1.29 is 9.13 Å². The van der Waals surface area contributed by atoms with Gasteiger partial charge in [-0.2, -0.15) is 0 Å². The molecule has 3 nitrogen and oxygen atoms in total. The Labute approximate surface area is 101 Å². The lowest BCUT2D eigenvalue weighted by molar-refractivity contribution is 0.387. The number of hydrogen-bond acceptors (Lipinski definition) is 3. The molecule has 0 aliphatic carbocycles. The van der Waals surface area contributed by atoms with E-state index in [0.29, 0.717) is 11.7 Å². The number of hydrogen-bond donors (Lipinski definition) is 2. The molecule has 1 heterocycles. The fraction of sp³-hybridized carbons (Fsp3) is 0.538. The van der Waals surface area contributed by atoms with E-state index in [9.17, 15) is 4.39 Å². The Balaban J connectivity index is 1.93. The Bertz CT molecular complexity index is 364. The molecule has 0 amide bonds. The third-order valence-corrected chi connectivity index (χ3v) is 3.20. The average Bonchev–Trinajstić information content (AvgIpc) is 2.38. The first kappa shape index (κ1) is 12.2. The van der Waals surface area contributed by atoms with Crippen LogP contribution < -0.4 is 15.4 Å². The smallest absolute Gasteiger partial charge is 0.144 e. The van der Waals surface area contributed by atoms with Crippen LogP contribution in [0.1, 0.15) is 12.8 Å². The fourth-order valence-corrected chi connectivity index (χ4v) is 2.15. The highest BCUT2D eigenvalue weighted by Gasteiger charge is 2.13. The number of ether oxygens (including phenoxy) is 1. The summed E-state index contributed by atoms with van der Waals surface area (Å²) in [6.07, 6.45) is 2.38. The van der Waals surface area contributed by atoms with Gasteiger partial charge in [0.2, 0.25) is 0 Å². The number of benzene rings is 1. The average molecular weight is 238 g/mol. The highest BCUT2D eigenvalue weighted by atomic mass is 19.1. The molecule has 0 atom stereocenters. The first-order valence-electron chi connectivity index (χ1n) is 6.07. The largest absolute Gasteiger partial charge is 0.494 e. The fourth-order valence-electron chi connectivity index (χ4n) is 2.15. The maximum Gasteiger partial charge on any atom is 0.144 e. The molecule has 0 bridgehead atoms. The van der Waals surface area contributed by atoms with Gasteiger partial charge in [-0.05, 0) is 44.0 Å². The lowest BCUT2D eigenvalue weighted by atomic mass is 9.98. The molecule has 1 saturated heterocycles. The second-order valence-electron chi connectivity index (χ2n) is 4.42. The van der Waals surface area contributed by atoms with Crippen LogP contribution in [-0.4, -0.2) is 26.7 Å². The van der Waals surface area contributed by atoms with Crippen LogP contribution >= 0.6 is 0 Å². The van der Waals surface area contributed by atoms with Crippen LogP contribution in [0.4, 0.5) is 10.1 Å². The minimum Gasteiger partial charge on any atom is -0.494 e. The molecule has 17 heavy (non-hydrogen) atoms. The molecule has 2 N–H and O–H groups in total. The predicted octanol–water partition coefficient (Wildman–Crippen LogP) is 2.25. The van der Waals surface area contributed by atoms with Crippen molar-refractivity contribution in [3.63, 3.8) is 0 Å². The second kappa shape index (κ2) is 5.87. The van der Waals surface area contributed by atoms with Gasteiger partial charge in [-0.25, -0.2) is 4.39 Å². The van der Waals surface area contributed by atoms with Gasteiger partial charge >= 0.3 is 0 Å². The normalized spacial score (nSPS) is 16.8. The zero-order chi connectivity index (χ0) is 12.1. The molecule has 1 fully saturated rings. The molecular weight excluding hydrogens is 219 g/mol. The van der Waals surface area contributed by atoms with E-state index in [1.54, 1.807) is 13.2 Å². The second-order valence-corrected chi connectivity index (χ2v) is 4.42. The lowest BCUT2D eigenvalue weighted by Crippen LogP contribution is -2.31. The molecular formula is C13H19FN2O. The molecule has 0 aromatic heterocycles. The molecule has 0 saturated carbocycles. The summed E-state index contributed by atoms with van der Waals surface area (Å²) in [5.41, 5.74) is 0.868. The van der Waals surface area contributed by atoms with Crippen molar-refractivity contribution in [3.05, 3.63) is 24.0 Å². The molecule has 0 spiro atoms. The quantitative estimate of drug-likeness (QED) is 0.844. The minimum atomic E-state index is -0.269. The Morgan fingerprint density at radius 1 is 1.41 bits per heavy atom. The maximum atomic E-state index is 13.0. The number of halogens is 1. The summed E-state index contributed by atoms with van der Waals surface area (Å²) < 4.78 is 18.2. The van der Waals surface area contributed by atoms with Gasteiger partial charge in [-0.1, -0.05) is 0 Å². The van der Waals surface area contributed by atoms with Gasteiger partial charge in [-0.3, -0.25) is 0 Å². The van der Waals surface area contributed by atoms with Gasteiger partial charge < -0.3 is 15.4 Å². The molecule has 2 rings (SSSR count). The molecule has 0 radical (unpaired) electrons. The first-order chi connectivity index (χ1) is 8.29. The number of nitrogens with one attached hydrogen (secondary N) is 2. The van der Waals surface area contributed by atoms with E-state index in [1.165, 1.54) is 25.0 Å². The highest BCUT2D eigenvalue weighted by molar-refractivity contribution is 5.56. The number of methoxy groups -OCH3 is 1. The van der Waals surface area contributed by atoms with Crippen LogP contribution in [0.5, 0.6) is 5.75 Å². The van der Waals surface area contributed by atoms with Gasteiger partial charge in [0, 0.05) is 12.6 Å². The summed E-state index contributed by atoms with van der Waals surface area (Å²) >= 11 is 0. The van der Waals surface area contributed by atoms with E-state index in [0.717, 1.165) is 25.3 Å². The van der Waals surface area contributed by atoms with Gasteiger partial charge in [0.05, 0.1) is 12.8 Å². The van der Waals surface area contributed by atoms with Crippen LogP contribution in [-0.2, 0) is 0 Å². The molecule has 4 heteroatoms. The summed E-state index contributed by atoms with van der Waals surface area (Å²) in [4.78, 5) is 0. The summed E-state index contributed by atoms with van der Waals surface area (Å²) in [6, 6.07) is 4.59. The van der Waals surface area contributed by atoms with Crippen LogP contribution in [0, 0.1) is 11.7 Å². The van der Waals surface area contributed by atoms with Crippen LogP contribution in [0.3, 0.4) is 0 Å². The zero-order valence-corrected chi connectivity index (χ0v) is 10.1. The van der Waals surface area contributed by atoms with Gasteiger partial charge in [0.1, 0.15) is 11.6 Å². The molecule has 1 aliphatic heterocycles. The van der Waals surface area contributed by atoms with Crippen molar-refractivity contribution >= 4 is 5.69 Å². The number of piperidine rings is 1. The van der Waals surface area contributed by atoms with Crippen LogP contribution in [0.15, 0.2) is 18.2 Å². The minimum absolute atomic E-state index is 0.269. The van der Waals surface area contributed by atoms with E-state index in [1.807, 2.05) is 0 Å². The van der Waals surface area contributed by atoms with Crippen LogP contribution in [0.25, 0.3) is 0 Å². The van der Waals surface area contributed by atoms with Crippen molar-refractivity contribution in [1.29, 1.82) is 0 Å². The van der Waals surface area contributed by atoms with Gasteiger partial charge in [0.25, 0.3) is 0 Å². The Morgan fingerprint density at radius 2 is 2.18 bits per heavy atom. The van der Waals surface area contributed by atoms with Crippen molar-refractivity contribution in [2.45, 2.75) is 12.8 Å². The van der Waals surface area contributed by atoms with E-state index in [2.05, 4.69) is 10.6 Å². The van der Waals surface area contributed by atoms with E-state index >= 15 is 0 Å². The predicted molar refractivity (Wildman–Crippen MR) is 67.0 cm³/mol. The summed E-state index contributed by atoms with van der Waals surface area (Å²) in [5.74, 6) is 0.985. The number of anilines is 1. The maximum absolute atomic E-state index is 13.0. The molecule has 1 aliphatic rings. The van der Waals surface area contributed by atoms with E-state index in [-0.39, 0.29) is 5.82 Å². The topological polar surface area (TPSA) is 33.3 Å². The number of rotatable bonds is 4. The zero-order valence-electron chi connectivity index (χ0n) is 10.1. The van der Waals surface area contributed by atoms with E-state index in [4.69, 9.17) is 4.74 Å². The molecule has 0 unspecified atom stereocenters. The summed E-state index contributed by atoms with van der Waals surface area (Å²) in [5, 5.41) is 6.68.